The SMILES string of the molecule is CCOC(=O)c1nc(CC)n(N2CCOCC2)c1N. The van der Waals surface area contributed by atoms with Crippen LogP contribution < -0.4 is 10.7 Å². The number of nitrogens with zero attached hydrogens (tertiary/aromatic N) is 3. The van der Waals surface area contributed by atoms with Crippen LogP contribution in [0.4, 0.5) is 5.82 Å². The Hall–Kier alpha value is -1.76. The van der Waals surface area contributed by atoms with Gasteiger partial charge in [0, 0.05) is 6.42 Å². The van der Waals surface area contributed by atoms with Crippen LogP contribution in [0.1, 0.15) is 30.2 Å². The van der Waals surface area contributed by atoms with Crippen molar-refractivity contribution in [2.75, 3.05) is 43.7 Å². The number of carbonyl (C=O) groups excluding carboxylic acids is 1. The zero-order valence-electron chi connectivity index (χ0n) is 11.4. The monoisotopic (exact) mass is 268 g/mol. The van der Waals surface area contributed by atoms with Crippen LogP contribution in [0.5, 0.6) is 0 Å². The number of rotatable bonds is 4. The molecule has 0 saturated carbocycles. The molecule has 0 aliphatic carbocycles. The molecule has 2 heterocycles. The Labute approximate surface area is 112 Å². The van der Waals surface area contributed by atoms with E-state index in [4.69, 9.17) is 15.2 Å². The third-order valence-corrected chi connectivity index (χ3v) is 3.01. The van der Waals surface area contributed by atoms with E-state index in [1.165, 1.54) is 0 Å². The molecule has 2 rings (SSSR count). The van der Waals surface area contributed by atoms with Crippen molar-refractivity contribution in [1.29, 1.82) is 0 Å². The van der Waals surface area contributed by atoms with Crippen molar-refractivity contribution in [2.24, 2.45) is 0 Å². The fourth-order valence-electron chi connectivity index (χ4n) is 2.12. The molecule has 1 aromatic heterocycles. The molecule has 1 fully saturated rings. The van der Waals surface area contributed by atoms with E-state index in [2.05, 4.69) is 4.98 Å². The molecule has 0 aromatic carbocycles. The van der Waals surface area contributed by atoms with Crippen molar-refractivity contribution in [2.45, 2.75) is 20.3 Å². The lowest BCUT2D eigenvalue weighted by atomic mass is 10.4. The number of hydrogen-bond donors (Lipinski definition) is 1. The van der Waals surface area contributed by atoms with Crippen molar-refractivity contribution in [3.63, 3.8) is 0 Å². The molecular weight excluding hydrogens is 248 g/mol. The largest absolute Gasteiger partial charge is 0.461 e. The zero-order valence-corrected chi connectivity index (χ0v) is 11.4. The molecule has 0 atom stereocenters. The van der Waals surface area contributed by atoms with Gasteiger partial charge in [-0.05, 0) is 6.92 Å². The lowest BCUT2D eigenvalue weighted by molar-refractivity contribution is 0.0521. The quantitative estimate of drug-likeness (QED) is 0.784. The number of imidazole rings is 1. The number of nitrogens with two attached hydrogens (primary N) is 1. The van der Waals surface area contributed by atoms with Crippen LogP contribution in [0, 0.1) is 0 Å². The first-order valence-electron chi connectivity index (χ1n) is 6.56. The van der Waals surface area contributed by atoms with E-state index < -0.39 is 5.97 Å². The summed E-state index contributed by atoms with van der Waals surface area (Å²) in [6.07, 6.45) is 0.695. The van der Waals surface area contributed by atoms with Crippen molar-refractivity contribution in [1.82, 2.24) is 9.66 Å². The maximum Gasteiger partial charge on any atom is 0.360 e. The molecule has 0 radical (unpaired) electrons. The molecule has 19 heavy (non-hydrogen) atoms. The number of esters is 1. The van der Waals surface area contributed by atoms with E-state index in [0.29, 0.717) is 32.1 Å². The predicted octanol–water partition coefficient (Wildman–Crippen LogP) is 0.173. The average Bonchev–Trinajstić information content (AvgIpc) is 2.77. The van der Waals surface area contributed by atoms with Crippen molar-refractivity contribution in [3.05, 3.63) is 11.5 Å². The van der Waals surface area contributed by atoms with E-state index >= 15 is 0 Å². The van der Waals surface area contributed by atoms with Gasteiger partial charge in [0.15, 0.2) is 11.5 Å². The average molecular weight is 268 g/mol. The molecule has 0 amide bonds. The molecular formula is C12H20N4O3. The number of morpholine rings is 1. The highest BCUT2D eigenvalue weighted by Gasteiger charge is 2.24. The number of aryl methyl sites for hydroxylation is 1. The summed E-state index contributed by atoms with van der Waals surface area (Å²) in [5, 5.41) is 2.05. The second-order valence-electron chi connectivity index (χ2n) is 4.21. The lowest BCUT2D eigenvalue weighted by Crippen LogP contribution is -2.45. The third-order valence-electron chi connectivity index (χ3n) is 3.01. The first-order valence-corrected chi connectivity index (χ1v) is 6.56. The van der Waals surface area contributed by atoms with E-state index in [-0.39, 0.29) is 5.69 Å². The standard InChI is InChI=1S/C12H20N4O3/c1-3-9-14-10(12(17)19-4-2)11(13)16(9)15-5-7-18-8-6-15/h3-8,13H2,1-2H3. The molecule has 1 saturated heterocycles. The highest BCUT2D eigenvalue weighted by Crippen LogP contribution is 2.17. The number of carbonyl (C=O) groups is 1. The van der Waals surface area contributed by atoms with E-state index in [1.54, 1.807) is 6.92 Å². The van der Waals surface area contributed by atoms with Crippen LogP contribution in [0.15, 0.2) is 0 Å². The van der Waals surface area contributed by atoms with Gasteiger partial charge in [0.1, 0.15) is 5.82 Å². The number of ether oxygens (including phenoxy) is 2. The van der Waals surface area contributed by atoms with Gasteiger partial charge in [-0.15, -0.1) is 0 Å². The van der Waals surface area contributed by atoms with Crippen LogP contribution in [-0.2, 0) is 15.9 Å². The van der Waals surface area contributed by atoms with Gasteiger partial charge in [0.25, 0.3) is 0 Å². The maximum absolute atomic E-state index is 11.8. The Morgan fingerprint density at radius 2 is 2.11 bits per heavy atom. The molecule has 1 aromatic rings. The van der Waals surface area contributed by atoms with Gasteiger partial charge >= 0.3 is 5.97 Å². The summed E-state index contributed by atoms with van der Waals surface area (Å²) in [4.78, 5) is 16.1. The smallest absolute Gasteiger partial charge is 0.360 e. The third kappa shape index (κ3) is 2.65. The minimum atomic E-state index is -0.471. The Bertz CT molecular complexity index is 452. The topological polar surface area (TPSA) is 82.6 Å². The Balaban J connectivity index is 2.33. The molecule has 2 N–H and O–H groups in total. The van der Waals surface area contributed by atoms with Gasteiger partial charge in [-0.3, -0.25) is 0 Å². The van der Waals surface area contributed by atoms with E-state index in [9.17, 15) is 4.79 Å². The molecule has 106 valence electrons. The van der Waals surface area contributed by atoms with Gasteiger partial charge in [-0.2, -0.15) is 0 Å². The minimum Gasteiger partial charge on any atom is -0.461 e. The molecule has 0 unspecified atom stereocenters. The zero-order chi connectivity index (χ0) is 13.8. The summed E-state index contributed by atoms with van der Waals surface area (Å²) in [5.41, 5.74) is 6.26. The maximum atomic E-state index is 11.8. The normalized spacial score (nSPS) is 15.6. The summed E-state index contributed by atoms with van der Waals surface area (Å²) in [5.74, 6) is 0.640. The lowest BCUT2D eigenvalue weighted by Gasteiger charge is -2.31. The Morgan fingerprint density at radius 1 is 1.42 bits per heavy atom. The van der Waals surface area contributed by atoms with Crippen LogP contribution in [-0.4, -0.2) is 48.5 Å². The van der Waals surface area contributed by atoms with E-state index in [1.807, 2.05) is 16.6 Å². The minimum absolute atomic E-state index is 0.199. The number of nitrogen functional groups attached to an aromatic ring is 1. The van der Waals surface area contributed by atoms with Crippen LogP contribution >= 0.6 is 0 Å². The second-order valence-corrected chi connectivity index (χ2v) is 4.21. The van der Waals surface area contributed by atoms with E-state index in [0.717, 1.165) is 18.9 Å². The predicted molar refractivity (Wildman–Crippen MR) is 70.7 cm³/mol. The van der Waals surface area contributed by atoms with Gasteiger partial charge < -0.3 is 20.2 Å². The number of anilines is 1. The van der Waals surface area contributed by atoms with Crippen LogP contribution in [0.25, 0.3) is 0 Å². The van der Waals surface area contributed by atoms with Gasteiger partial charge in [0.05, 0.1) is 32.9 Å². The highest BCUT2D eigenvalue weighted by atomic mass is 16.5. The van der Waals surface area contributed by atoms with Gasteiger partial charge in [-0.25, -0.2) is 14.5 Å². The van der Waals surface area contributed by atoms with Gasteiger partial charge in [-0.1, -0.05) is 6.92 Å². The first-order chi connectivity index (χ1) is 9.19. The molecule has 7 heteroatoms. The Morgan fingerprint density at radius 3 is 2.68 bits per heavy atom. The van der Waals surface area contributed by atoms with Crippen LogP contribution in [0.3, 0.4) is 0 Å². The summed E-state index contributed by atoms with van der Waals surface area (Å²) in [6, 6.07) is 0. The fraction of sp³-hybridized carbons (Fsp3) is 0.667. The molecule has 1 aliphatic rings. The summed E-state index contributed by atoms with van der Waals surface area (Å²) < 4.78 is 12.1. The molecule has 0 spiro atoms. The summed E-state index contributed by atoms with van der Waals surface area (Å²) in [7, 11) is 0. The summed E-state index contributed by atoms with van der Waals surface area (Å²) >= 11 is 0. The molecule has 1 aliphatic heterocycles. The van der Waals surface area contributed by atoms with Crippen LogP contribution in [0.2, 0.25) is 0 Å². The highest BCUT2D eigenvalue weighted by molar-refractivity contribution is 5.92. The van der Waals surface area contributed by atoms with Gasteiger partial charge in [0.2, 0.25) is 0 Å². The molecule has 7 nitrogen and oxygen atoms in total. The van der Waals surface area contributed by atoms with Crippen molar-refractivity contribution >= 4 is 11.8 Å². The number of aromatic nitrogens is 2. The number of hydrogen-bond acceptors (Lipinski definition) is 6. The van der Waals surface area contributed by atoms with Crippen molar-refractivity contribution < 1.29 is 14.3 Å². The molecule has 0 bridgehead atoms. The second kappa shape index (κ2) is 5.92. The first kappa shape index (κ1) is 13.7. The Kier molecular flexibility index (Phi) is 4.26. The summed E-state index contributed by atoms with van der Waals surface area (Å²) in [6.45, 7) is 6.81. The van der Waals surface area contributed by atoms with Crippen molar-refractivity contribution in [3.8, 4) is 0 Å². The fourth-order valence-corrected chi connectivity index (χ4v) is 2.12.